The highest BCUT2D eigenvalue weighted by Gasteiger charge is 2.18. The van der Waals surface area contributed by atoms with Crippen LogP contribution >= 0.6 is 106 Å². The lowest BCUT2D eigenvalue weighted by molar-refractivity contribution is 0.0518. The number of nitrogens with zero attached hydrogens (tertiary/aromatic N) is 15. The Bertz CT molecular complexity index is 2780. The molecule has 0 radical (unpaired) electrons. The first-order chi connectivity index (χ1) is 43.8. The van der Waals surface area contributed by atoms with Gasteiger partial charge in [-0.2, -0.15) is 87.4 Å². The molecule has 0 bridgehead atoms. The summed E-state index contributed by atoms with van der Waals surface area (Å²) >= 11 is 39.2. The van der Waals surface area contributed by atoms with Crippen LogP contribution < -0.4 is 70.4 Å². The molecule has 5 aromatic rings. The van der Waals surface area contributed by atoms with E-state index >= 15 is 0 Å². The van der Waals surface area contributed by atoms with E-state index in [0.29, 0.717) is 111 Å². The molecule has 5 heterocycles. The van der Waals surface area contributed by atoms with Gasteiger partial charge in [0, 0.05) is 78.5 Å². The molecule has 43 heteroatoms. The van der Waals surface area contributed by atoms with Gasteiger partial charge in [-0.3, -0.25) is 0 Å². The third-order valence-corrected chi connectivity index (χ3v) is 10.2. The molecule has 3 amide bonds. The number of alkyl carbamates (subject to hydrolysis) is 3. The molecule has 0 unspecified atom stereocenters. The van der Waals surface area contributed by atoms with Crippen molar-refractivity contribution < 1.29 is 28.6 Å². The molecule has 34 nitrogen and oxygen atoms in total. The van der Waals surface area contributed by atoms with Crippen LogP contribution in [0.15, 0.2) is 10.3 Å². The van der Waals surface area contributed by atoms with E-state index in [2.05, 4.69) is 146 Å². The minimum Gasteiger partial charge on any atom is -0.444 e. The summed E-state index contributed by atoms with van der Waals surface area (Å²) < 4.78 is 15.2. The largest absolute Gasteiger partial charge is 0.444 e. The summed E-state index contributed by atoms with van der Waals surface area (Å²) in [5.74, 6) is 3.31. The Balaban J connectivity index is -0.000000140. The van der Waals surface area contributed by atoms with Crippen molar-refractivity contribution in [3.05, 3.63) is 31.7 Å². The number of amides is 3. The maximum absolute atomic E-state index is 11.5. The second-order valence-electron chi connectivity index (χ2n) is 19.3. The van der Waals surface area contributed by atoms with Crippen LogP contribution in [0, 0.1) is 0 Å². The Morgan fingerprint density at radius 1 is 0.354 bits per heavy atom. The number of thioether (sulfide) groups is 2. The van der Waals surface area contributed by atoms with E-state index in [0.717, 1.165) is 19.6 Å². The highest BCUT2D eigenvalue weighted by molar-refractivity contribution is 7.98. The third kappa shape index (κ3) is 65.2. The number of hydrogen-bond acceptors (Lipinski definition) is 34. The van der Waals surface area contributed by atoms with Crippen molar-refractivity contribution in [3.8, 4) is 0 Å². The average molecular weight is 1590 g/mol. The summed E-state index contributed by atoms with van der Waals surface area (Å²) in [5.41, 5.74) is 13.6. The van der Waals surface area contributed by atoms with Gasteiger partial charge in [0.25, 0.3) is 0 Å². The normalized spacial score (nSPS) is 9.57. The van der Waals surface area contributed by atoms with Crippen molar-refractivity contribution in [2.75, 3.05) is 142 Å². The standard InChI is InChI=1S/C13H24N6O2S.C12H21ClN6O2.C8H16N6S.C7H16N2O2.C5H6Cl2N4.C3Cl3N3.CH5N.CH4S.6CH4/c1-6-14-9-17-10(19-11(18-9)22-5)15-7-8-16-12(20)21-13(2,3)4;1-5-14-9-17-8(13)18-10(19-9)15-6-7-16-11(20)21-12(2,3)4;1-3-10-6-12-7(11-5-4-9)14-8(13-6)15-2;1-7(2,3)11-6(10)9-5-4-8;1-2-8-5-10-3(6)9-4(7)11-5;4-1-7-2(5)9-3(6)8-1;2*1-2;;;;;;/h6-8H2,1-5H3,(H,16,20)(H2,14,15,17,18,19);5-7H2,1-4H3,(H,16,20)(H2,14,15,17,18,19);3-5,9H2,1-2H3,(H2,10,11,12,13,14);4-5,8H2,1-3H3,(H,9,10);2H2,1H3,(H,8,9,10,11);;2H2,1H3;2H,1H3;6*1H4. The van der Waals surface area contributed by atoms with Gasteiger partial charge in [-0.15, -0.1) is 0 Å². The minimum atomic E-state index is -0.514. The Labute approximate surface area is 633 Å². The van der Waals surface area contributed by atoms with E-state index in [1.165, 1.54) is 30.6 Å². The van der Waals surface area contributed by atoms with Gasteiger partial charge in [0.2, 0.25) is 73.3 Å². The SMILES string of the molecule is C.C.C.C.C.C.CC(C)(C)OC(=O)NCCN.CCNc1nc(Cl)nc(Cl)n1.CCNc1nc(Cl)nc(NCCNC(=O)OC(C)(C)C)n1.CCNc1nc(NCCN)nc(SC)n1.CCNc1nc(NCCNC(=O)OC(C)(C)C)nc(SC)n1.CN.CS.Clc1nc(Cl)nc(Cl)n1. The third-order valence-electron chi connectivity index (χ3n) is 8.07. The number of nitrogens with one attached hydrogen (secondary N) is 10. The van der Waals surface area contributed by atoms with Gasteiger partial charge < -0.3 is 84.6 Å². The summed E-state index contributed by atoms with van der Waals surface area (Å²) in [5, 5.41) is 30.3. The van der Waals surface area contributed by atoms with Crippen LogP contribution in [0.4, 0.5) is 56.0 Å². The molecule has 0 saturated heterocycles. The molecular formula is C56H116Cl6N28O6S3. The molecule has 5 rings (SSSR count). The van der Waals surface area contributed by atoms with Gasteiger partial charge in [0.1, 0.15) is 16.8 Å². The number of carbonyl (C=O) groups excluding carboxylic acids is 3. The molecule has 0 saturated carbocycles. The Kier molecular flexibility index (Phi) is 73.8. The Hall–Kier alpha value is -5.87. The molecule has 0 atom stereocenters. The zero-order chi connectivity index (χ0) is 71.6. The average Bonchev–Trinajstić information content (AvgIpc) is 0.896. The first-order valence-corrected chi connectivity index (χ1v) is 33.7. The number of rotatable bonds is 23. The van der Waals surface area contributed by atoms with Crippen LogP contribution in [-0.2, 0) is 14.2 Å². The zero-order valence-electron chi connectivity index (χ0n) is 55.4. The number of thiol groups is 1. The van der Waals surface area contributed by atoms with Crippen LogP contribution in [0.25, 0.3) is 0 Å². The Morgan fingerprint density at radius 2 is 0.556 bits per heavy atom. The maximum Gasteiger partial charge on any atom is 0.407 e. The maximum atomic E-state index is 11.5. The van der Waals surface area contributed by atoms with Crippen molar-refractivity contribution in [2.45, 2.75) is 162 Å². The number of ether oxygens (including phenoxy) is 3. The lowest BCUT2D eigenvalue weighted by atomic mass is 10.2. The molecule has 5 aromatic heterocycles. The van der Waals surface area contributed by atoms with Crippen LogP contribution in [0.3, 0.4) is 0 Å². The van der Waals surface area contributed by atoms with Crippen LogP contribution in [0.2, 0.25) is 31.7 Å². The van der Waals surface area contributed by atoms with E-state index < -0.39 is 35.1 Å². The molecule has 0 aliphatic heterocycles. The topological polar surface area (TPSA) is 471 Å². The second-order valence-corrected chi connectivity index (χ2v) is 22.9. The summed E-state index contributed by atoms with van der Waals surface area (Å²) in [6.45, 7) is 30.9. The molecule has 16 N–H and O–H groups in total. The number of aromatic nitrogens is 15. The van der Waals surface area contributed by atoms with Crippen LogP contribution in [0.5, 0.6) is 0 Å². The molecule has 0 aliphatic carbocycles. The second kappa shape index (κ2) is 65.4. The predicted octanol–water partition coefficient (Wildman–Crippen LogP) is 12.1. The number of anilines is 7. The van der Waals surface area contributed by atoms with Gasteiger partial charge in [0.05, 0.1) is 0 Å². The predicted molar refractivity (Wildman–Crippen MR) is 421 cm³/mol. The van der Waals surface area contributed by atoms with Crippen molar-refractivity contribution in [2.24, 2.45) is 17.2 Å². The van der Waals surface area contributed by atoms with Crippen LogP contribution in [-0.4, -0.2) is 214 Å². The highest BCUT2D eigenvalue weighted by atomic mass is 35.5. The lowest BCUT2D eigenvalue weighted by Crippen LogP contribution is -2.35. The smallest absolute Gasteiger partial charge is 0.407 e. The summed E-state index contributed by atoms with van der Waals surface area (Å²) in [7, 11) is 1.50. The zero-order valence-corrected chi connectivity index (χ0v) is 62.5. The fraction of sp³-hybridized carbons (Fsp3) is 0.679. The van der Waals surface area contributed by atoms with Gasteiger partial charge >= 0.3 is 18.3 Å². The molecule has 0 aliphatic rings. The van der Waals surface area contributed by atoms with E-state index in [9.17, 15) is 14.4 Å². The monoisotopic (exact) mass is 1580 g/mol. The quantitative estimate of drug-likeness (QED) is 0.0125. The van der Waals surface area contributed by atoms with Gasteiger partial charge in [0.15, 0.2) is 10.3 Å². The summed E-state index contributed by atoms with van der Waals surface area (Å²) in [4.78, 5) is 92.6. The first kappa shape index (κ1) is 112. The number of halogens is 6. The lowest BCUT2D eigenvalue weighted by Gasteiger charge is -2.19. The van der Waals surface area contributed by atoms with E-state index in [1.54, 1.807) is 27.0 Å². The molecule has 0 fully saturated rings. The summed E-state index contributed by atoms with van der Waals surface area (Å²) in [6.07, 6.45) is 4.20. The van der Waals surface area contributed by atoms with Crippen molar-refractivity contribution in [1.29, 1.82) is 0 Å². The van der Waals surface area contributed by atoms with Gasteiger partial charge in [-0.05, 0) is 185 Å². The Morgan fingerprint density at radius 3 is 0.798 bits per heavy atom. The molecule has 576 valence electrons. The van der Waals surface area contributed by atoms with Gasteiger partial charge in [-0.25, -0.2) is 14.4 Å². The van der Waals surface area contributed by atoms with Crippen molar-refractivity contribution >= 4 is 166 Å². The highest BCUT2D eigenvalue weighted by Crippen LogP contribution is 2.16. The van der Waals surface area contributed by atoms with Crippen molar-refractivity contribution in [1.82, 2.24) is 90.7 Å². The van der Waals surface area contributed by atoms with Gasteiger partial charge in [-0.1, -0.05) is 68.1 Å². The number of hydrogen-bond donors (Lipinski definition) is 14. The van der Waals surface area contributed by atoms with E-state index in [4.69, 9.17) is 95.3 Å². The van der Waals surface area contributed by atoms with Crippen molar-refractivity contribution in [3.63, 3.8) is 0 Å². The molecule has 0 aromatic carbocycles. The fourth-order valence-corrected chi connectivity index (χ4v) is 6.88. The minimum absolute atomic E-state index is 0. The first-order valence-electron chi connectivity index (χ1n) is 28.1. The van der Waals surface area contributed by atoms with Crippen LogP contribution in [0.1, 0.15) is 135 Å². The number of carbonyl (C=O) groups is 3. The molecule has 0 spiro atoms. The molecule has 99 heavy (non-hydrogen) atoms. The summed E-state index contributed by atoms with van der Waals surface area (Å²) in [6, 6.07) is 0. The van der Waals surface area contributed by atoms with E-state index in [1.807, 2.05) is 81.7 Å². The fourth-order valence-electron chi connectivity index (χ4n) is 5.04. The molecular weight excluding hydrogens is 1470 g/mol. The van der Waals surface area contributed by atoms with E-state index in [-0.39, 0.29) is 76.3 Å². The number of nitrogens with two attached hydrogens (primary N) is 3.